The van der Waals surface area contributed by atoms with Gasteiger partial charge in [-0.05, 0) is 19.1 Å². The lowest BCUT2D eigenvalue weighted by atomic mass is 9.96. The van der Waals surface area contributed by atoms with Gasteiger partial charge in [-0.25, -0.2) is 0 Å². The summed E-state index contributed by atoms with van der Waals surface area (Å²) in [5, 5.41) is 3.09. The number of nitrogens with one attached hydrogen (secondary N) is 1. The predicted octanol–water partition coefficient (Wildman–Crippen LogP) is 1.03. The summed E-state index contributed by atoms with van der Waals surface area (Å²) in [6, 6.07) is 7.07. The van der Waals surface area contributed by atoms with Gasteiger partial charge in [-0.2, -0.15) is 0 Å². The van der Waals surface area contributed by atoms with Crippen LogP contribution in [0.1, 0.15) is 54.0 Å². The van der Waals surface area contributed by atoms with Crippen LogP contribution in [0, 0.1) is 6.92 Å². The normalized spacial score (nSPS) is 28.6. The van der Waals surface area contributed by atoms with E-state index >= 15 is 0 Å². The molecular formula is C33H43NO17. The minimum atomic E-state index is -1.62. The molecule has 0 spiro atoms. The van der Waals surface area contributed by atoms with Crippen molar-refractivity contribution in [2.45, 2.75) is 117 Å². The molecule has 2 aliphatic heterocycles. The maximum atomic E-state index is 12.3. The quantitative estimate of drug-likeness (QED) is 0.221. The van der Waals surface area contributed by atoms with Gasteiger partial charge in [0.2, 0.25) is 0 Å². The van der Waals surface area contributed by atoms with Gasteiger partial charge in [0.05, 0.1) is 6.61 Å². The van der Waals surface area contributed by atoms with E-state index in [0.29, 0.717) is 5.69 Å². The maximum Gasteiger partial charge on any atom is 0.303 e. The summed E-state index contributed by atoms with van der Waals surface area (Å²) in [6.07, 6.45) is -14.2. The SMILES string of the molecule is CC(=O)OC[C@H]1O[C@H](OC[C@H]2O[C@@H](Nc3ccc(C)cc3)[C@H](OC(C)=O)[C@@H](OC(C)=O)[C@@H]2OC(C)=O)[C@H](OC(C)=O)[C@@H](OC(C)=O)[C@H]1OC(C)=O. The van der Waals surface area contributed by atoms with E-state index in [4.69, 9.17) is 47.4 Å². The standard InChI is InChI=1S/C33H43NO17/c1-15-9-11-23(12-10-15)34-32-30(48-21(7)40)28(46-19(5)38)26(44-17(3)36)24(50-32)14-43-33-31(49-22(8)41)29(47-20(6)39)27(45-18(4)37)25(51-33)13-42-16(2)35/h9-12,24-34H,13-14H2,1-8H3/t24-,25-,26-,27+,28+,29+,30-,31-,32-,33+/m1/s1. The van der Waals surface area contributed by atoms with E-state index in [1.54, 1.807) is 12.1 Å². The van der Waals surface area contributed by atoms with Gasteiger partial charge in [0, 0.05) is 54.2 Å². The van der Waals surface area contributed by atoms with Crippen LogP contribution >= 0.6 is 0 Å². The molecule has 1 aromatic carbocycles. The minimum absolute atomic E-state index is 0.505. The van der Waals surface area contributed by atoms with Crippen LogP contribution in [0.15, 0.2) is 24.3 Å². The molecule has 0 bridgehead atoms. The van der Waals surface area contributed by atoms with E-state index < -0.39 is 116 Å². The molecule has 0 radical (unpaired) electrons. The molecule has 0 amide bonds. The number of anilines is 1. The lowest BCUT2D eigenvalue weighted by molar-refractivity contribution is -0.318. The summed E-state index contributed by atoms with van der Waals surface area (Å²) in [5.41, 5.74) is 1.47. The largest absolute Gasteiger partial charge is 0.463 e. The first-order valence-electron chi connectivity index (χ1n) is 15.9. The number of carbonyl (C=O) groups is 7. The summed E-state index contributed by atoms with van der Waals surface area (Å²) >= 11 is 0. The highest BCUT2D eigenvalue weighted by atomic mass is 16.7. The second-order valence-corrected chi connectivity index (χ2v) is 11.7. The number of ether oxygens (including phenoxy) is 10. The van der Waals surface area contributed by atoms with Crippen LogP contribution < -0.4 is 5.32 Å². The van der Waals surface area contributed by atoms with Gasteiger partial charge in [0.1, 0.15) is 18.8 Å². The number of carbonyl (C=O) groups excluding carboxylic acids is 7. The van der Waals surface area contributed by atoms with Gasteiger partial charge in [-0.3, -0.25) is 33.6 Å². The zero-order valence-electron chi connectivity index (χ0n) is 29.4. The molecule has 51 heavy (non-hydrogen) atoms. The van der Waals surface area contributed by atoms with Gasteiger partial charge in [-0.1, -0.05) is 17.7 Å². The fourth-order valence-corrected chi connectivity index (χ4v) is 5.47. The zero-order valence-corrected chi connectivity index (χ0v) is 29.4. The maximum absolute atomic E-state index is 12.3. The van der Waals surface area contributed by atoms with Crippen molar-refractivity contribution in [3.8, 4) is 0 Å². The molecule has 0 aromatic heterocycles. The van der Waals surface area contributed by atoms with Gasteiger partial charge in [0.25, 0.3) is 0 Å². The molecule has 3 rings (SSSR count). The van der Waals surface area contributed by atoms with E-state index in [0.717, 1.165) is 54.0 Å². The van der Waals surface area contributed by atoms with Crippen LogP contribution in [-0.4, -0.2) is 116 Å². The highest BCUT2D eigenvalue weighted by Gasteiger charge is 2.55. The van der Waals surface area contributed by atoms with Gasteiger partial charge in [-0.15, -0.1) is 0 Å². The summed E-state index contributed by atoms with van der Waals surface area (Å²) in [5.74, 6) is -5.62. The molecule has 0 unspecified atom stereocenters. The van der Waals surface area contributed by atoms with Gasteiger partial charge < -0.3 is 52.7 Å². The fraction of sp³-hybridized carbons (Fsp3) is 0.606. The van der Waals surface area contributed by atoms with Crippen LogP contribution in [0.2, 0.25) is 0 Å². The number of benzene rings is 1. The molecule has 10 atom stereocenters. The Balaban J connectivity index is 2.06. The Labute approximate surface area is 293 Å². The number of rotatable bonds is 13. The van der Waals surface area contributed by atoms with Gasteiger partial charge in [0.15, 0.2) is 49.1 Å². The van der Waals surface area contributed by atoms with Crippen LogP contribution in [-0.2, 0) is 80.9 Å². The first-order valence-corrected chi connectivity index (χ1v) is 15.9. The summed E-state index contributed by atoms with van der Waals surface area (Å²) in [6.45, 7) is 8.50. The molecule has 2 heterocycles. The number of hydrogen-bond donors (Lipinski definition) is 1. The van der Waals surface area contributed by atoms with Crippen molar-refractivity contribution in [3.63, 3.8) is 0 Å². The van der Waals surface area contributed by atoms with E-state index in [1.165, 1.54) is 0 Å². The predicted molar refractivity (Wildman–Crippen MR) is 168 cm³/mol. The Bertz CT molecular complexity index is 1430. The summed E-state index contributed by atoms with van der Waals surface area (Å²) < 4.78 is 56.4. The van der Waals surface area contributed by atoms with Crippen molar-refractivity contribution in [1.29, 1.82) is 0 Å². The third kappa shape index (κ3) is 12.2. The highest BCUT2D eigenvalue weighted by Crippen LogP contribution is 2.33. The Kier molecular flexibility index (Phi) is 14.7. The van der Waals surface area contributed by atoms with E-state index in [9.17, 15) is 33.6 Å². The van der Waals surface area contributed by atoms with Crippen LogP contribution in [0.4, 0.5) is 5.69 Å². The lowest BCUT2D eigenvalue weighted by Gasteiger charge is -2.46. The van der Waals surface area contributed by atoms with Crippen molar-refractivity contribution in [3.05, 3.63) is 29.8 Å². The van der Waals surface area contributed by atoms with Crippen LogP contribution in [0.3, 0.4) is 0 Å². The lowest BCUT2D eigenvalue weighted by Crippen LogP contribution is -2.65. The summed E-state index contributed by atoms with van der Waals surface area (Å²) in [7, 11) is 0. The van der Waals surface area contributed by atoms with Crippen molar-refractivity contribution < 1.29 is 80.9 Å². The second-order valence-electron chi connectivity index (χ2n) is 11.7. The molecule has 1 aromatic rings. The third-order valence-electron chi connectivity index (χ3n) is 7.27. The molecule has 18 nitrogen and oxygen atoms in total. The first-order chi connectivity index (χ1) is 23.9. The molecule has 0 aliphatic carbocycles. The monoisotopic (exact) mass is 725 g/mol. The number of hydrogen-bond acceptors (Lipinski definition) is 18. The Morgan fingerprint density at radius 3 is 1.41 bits per heavy atom. The second kappa shape index (κ2) is 18.4. The van der Waals surface area contributed by atoms with Crippen molar-refractivity contribution in [2.24, 2.45) is 0 Å². The smallest absolute Gasteiger partial charge is 0.303 e. The molecule has 282 valence electrons. The molecule has 0 saturated carbocycles. The van der Waals surface area contributed by atoms with Crippen molar-refractivity contribution in [1.82, 2.24) is 0 Å². The fourth-order valence-electron chi connectivity index (χ4n) is 5.47. The highest BCUT2D eigenvalue weighted by molar-refractivity contribution is 5.70. The van der Waals surface area contributed by atoms with E-state index in [2.05, 4.69) is 5.32 Å². The van der Waals surface area contributed by atoms with Gasteiger partial charge >= 0.3 is 41.8 Å². The van der Waals surface area contributed by atoms with Crippen LogP contribution in [0.25, 0.3) is 0 Å². The first kappa shape index (κ1) is 40.6. The molecule has 2 saturated heterocycles. The number of esters is 7. The Morgan fingerprint density at radius 2 is 0.941 bits per heavy atom. The molecule has 2 fully saturated rings. The average Bonchev–Trinajstić information content (AvgIpc) is 3.00. The Morgan fingerprint density at radius 1 is 0.529 bits per heavy atom. The van der Waals surface area contributed by atoms with Crippen molar-refractivity contribution >= 4 is 47.5 Å². The molecule has 1 N–H and O–H groups in total. The topological polar surface area (TPSA) is 224 Å². The third-order valence-corrected chi connectivity index (χ3v) is 7.27. The zero-order chi connectivity index (χ0) is 38.0. The minimum Gasteiger partial charge on any atom is -0.463 e. The van der Waals surface area contributed by atoms with Crippen molar-refractivity contribution in [2.75, 3.05) is 18.5 Å². The molecular weight excluding hydrogens is 682 g/mol. The molecule has 18 heteroatoms. The van der Waals surface area contributed by atoms with E-state index in [1.807, 2.05) is 19.1 Å². The Hall–Kier alpha value is -4.81. The average molecular weight is 726 g/mol. The van der Waals surface area contributed by atoms with Crippen LogP contribution in [0.5, 0.6) is 0 Å². The molecule has 2 aliphatic rings. The summed E-state index contributed by atoms with van der Waals surface area (Å²) in [4.78, 5) is 85.2. The van der Waals surface area contributed by atoms with E-state index in [-0.39, 0.29) is 0 Å². The number of aryl methyl sites for hydroxylation is 1.